The Balaban J connectivity index is 1.11. The molecule has 3 aliphatic heterocycles. The van der Waals surface area contributed by atoms with Gasteiger partial charge < -0.3 is 47.4 Å². The molecule has 0 saturated carbocycles. The molecule has 0 spiro atoms. The normalized spacial score (nSPS) is 27.5. The van der Waals surface area contributed by atoms with Crippen LogP contribution in [0.1, 0.15) is 68.7 Å². The first-order chi connectivity index (χ1) is 30.4. The third kappa shape index (κ3) is 13.1. The maximum Gasteiger partial charge on any atom is 0.234 e. The number of hydrogen-bond donors (Lipinski definition) is 1. The molecule has 4 aromatic carbocycles. The Morgan fingerprint density at radius 3 is 1.86 bits per heavy atom. The molecule has 0 radical (unpaired) electrons. The van der Waals surface area contributed by atoms with E-state index in [1.165, 1.54) is 0 Å². The summed E-state index contributed by atoms with van der Waals surface area (Å²) >= 11 is 0. The van der Waals surface area contributed by atoms with Crippen molar-refractivity contribution in [3.8, 4) is 17.6 Å². The number of benzene rings is 4. The third-order valence-electron chi connectivity index (χ3n) is 12.7. The van der Waals surface area contributed by atoms with Gasteiger partial charge in [-0.2, -0.15) is 0 Å². The summed E-state index contributed by atoms with van der Waals surface area (Å²) in [6.07, 6.45) is -1.79. The maximum absolute atomic E-state index is 12.3. The van der Waals surface area contributed by atoms with Gasteiger partial charge in [0.2, 0.25) is 5.79 Å². The van der Waals surface area contributed by atoms with Gasteiger partial charge in [-0.3, -0.25) is 0 Å². The van der Waals surface area contributed by atoms with Crippen LogP contribution in [0.3, 0.4) is 0 Å². The van der Waals surface area contributed by atoms with E-state index in [-0.39, 0.29) is 29.8 Å². The van der Waals surface area contributed by atoms with Crippen molar-refractivity contribution < 1.29 is 47.4 Å². The second-order valence-electron chi connectivity index (χ2n) is 18.4. The van der Waals surface area contributed by atoms with Gasteiger partial charge in [-0.05, 0) is 64.9 Å². The Hall–Kier alpha value is -3.90. The van der Waals surface area contributed by atoms with Gasteiger partial charge in [-0.25, -0.2) is 0 Å². The maximum atomic E-state index is 12.3. The molecule has 0 aromatic heterocycles. The largest absolute Gasteiger partial charge is 0.497 e. The van der Waals surface area contributed by atoms with Gasteiger partial charge in [0.15, 0.2) is 8.32 Å². The Kier molecular flexibility index (Phi) is 16.3. The van der Waals surface area contributed by atoms with E-state index in [0.29, 0.717) is 58.9 Å². The fourth-order valence-corrected chi connectivity index (χ4v) is 9.41. The zero-order valence-corrected chi connectivity index (χ0v) is 38.8. The lowest BCUT2D eigenvalue weighted by Crippen LogP contribution is -2.62. The molecule has 3 saturated heterocycles. The van der Waals surface area contributed by atoms with Crippen LogP contribution < -0.4 is 4.74 Å². The van der Waals surface area contributed by atoms with Gasteiger partial charge in [0.25, 0.3) is 0 Å². The van der Waals surface area contributed by atoms with E-state index < -0.39 is 44.6 Å². The quantitative estimate of drug-likeness (QED) is 0.0817. The van der Waals surface area contributed by atoms with Gasteiger partial charge in [0.1, 0.15) is 18.0 Å². The van der Waals surface area contributed by atoms with Gasteiger partial charge >= 0.3 is 0 Å². The van der Waals surface area contributed by atoms with E-state index in [9.17, 15) is 5.11 Å². The predicted molar refractivity (Wildman–Crippen MR) is 244 cm³/mol. The summed E-state index contributed by atoms with van der Waals surface area (Å²) in [6.45, 7) is 13.6. The highest BCUT2D eigenvalue weighted by Gasteiger charge is 2.52. The SMILES string of the molecule is COc1ccc(CO[C@@H]2C[C@](O)(C#CC[C@H]3OCC[C@H](OCc4ccccc4)[C@@H]3O[Si](C)(C)C(C)(C)C)O[C@@H]3C[C@@H](OCc4ccccc4)[C@@H](COCc4ccccc4)O[C@@H]23)cc1. The number of methoxy groups -OCH3 is 1. The van der Waals surface area contributed by atoms with Crippen molar-refractivity contribution in [3.05, 3.63) is 138 Å². The van der Waals surface area contributed by atoms with E-state index in [1.54, 1.807) is 7.11 Å². The Morgan fingerprint density at radius 1 is 0.714 bits per heavy atom. The van der Waals surface area contributed by atoms with Crippen LogP contribution in [0, 0.1) is 11.8 Å². The summed E-state index contributed by atoms with van der Waals surface area (Å²) in [6, 6.07) is 38.1. The van der Waals surface area contributed by atoms with Crippen LogP contribution in [0.25, 0.3) is 0 Å². The molecule has 3 aliphatic rings. The van der Waals surface area contributed by atoms with Crippen molar-refractivity contribution >= 4 is 8.32 Å². The van der Waals surface area contributed by atoms with Crippen molar-refractivity contribution in [2.45, 2.75) is 146 Å². The zero-order valence-electron chi connectivity index (χ0n) is 37.8. The summed E-state index contributed by atoms with van der Waals surface area (Å²) in [4.78, 5) is 0. The fraction of sp³-hybridized carbons (Fsp3) is 0.500. The van der Waals surface area contributed by atoms with Crippen LogP contribution in [0.15, 0.2) is 115 Å². The molecule has 11 heteroatoms. The van der Waals surface area contributed by atoms with Gasteiger partial charge in [0.05, 0.1) is 76.8 Å². The smallest absolute Gasteiger partial charge is 0.234 e. The van der Waals surface area contributed by atoms with E-state index in [0.717, 1.165) is 28.0 Å². The monoisotopic (exact) mass is 878 g/mol. The van der Waals surface area contributed by atoms with E-state index in [4.69, 9.17) is 42.3 Å². The molecule has 0 bridgehead atoms. The first kappa shape index (κ1) is 47.1. The summed E-state index contributed by atoms with van der Waals surface area (Å²) < 4.78 is 58.5. The Labute approximate surface area is 375 Å². The van der Waals surface area contributed by atoms with Crippen molar-refractivity contribution in [1.29, 1.82) is 0 Å². The molecular formula is C52H66O10Si. The molecule has 7 rings (SSSR count). The second-order valence-corrected chi connectivity index (χ2v) is 23.2. The number of ether oxygens (including phenoxy) is 8. The minimum atomic E-state index is -2.25. The van der Waals surface area contributed by atoms with E-state index in [1.807, 2.05) is 103 Å². The molecule has 0 aliphatic carbocycles. The van der Waals surface area contributed by atoms with Crippen LogP contribution in [0.2, 0.25) is 18.1 Å². The standard InChI is InChI=1S/C52H66O10Si/c1-51(2,3)63(5,6)62-50-43(56-30-28-44(50)57-34-39-19-12-8-13-20-39)23-16-29-52(53)32-47(59-36-41-24-26-42(54-4)27-25-41)49-46(61-52)31-45(58-35-40-21-14-9-15-22-40)48(60-49)37-55-33-38-17-10-7-11-18-38/h7-15,17-22,24-27,43-50,53H,23,28,30-37H2,1-6H3/t43-,44+,45-,46-,47-,48-,49-,50-,52+/m1/s1. The molecule has 63 heavy (non-hydrogen) atoms. The highest BCUT2D eigenvalue weighted by molar-refractivity contribution is 6.74. The topological polar surface area (TPSA) is 103 Å². The van der Waals surface area contributed by atoms with Crippen molar-refractivity contribution in [3.63, 3.8) is 0 Å². The molecule has 4 aromatic rings. The molecule has 10 nitrogen and oxygen atoms in total. The Morgan fingerprint density at radius 2 is 1.27 bits per heavy atom. The molecule has 3 heterocycles. The van der Waals surface area contributed by atoms with Gasteiger partial charge in [-0.1, -0.05) is 130 Å². The number of fused-ring (bicyclic) bond motifs is 1. The lowest BCUT2D eigenvalue weighted by molar-refractivity contribution is -0.324. The highest BCUT2D eigenvalue weighted by Crippen LogP contribution is 2.41. The molecule has 9 atom stereocenters. The fourth-order valence-electron chi connectivity index (χ4n) is 8.07. The van der Waals surface area contributed by atoms with Crippen molar-refractivity contribution in [1.82, 2.24) is 0 Å². The minimum absolute atomic E-state index is 0.0229. The molecule has 0 unspecified atom stereocenters. The predicted octanol–water partition coefficient (Wildman–Crippen LogP) is 9.18. The van der Waals surface area contributed by atoms with Crippen LogP contribution >= 0.6 is 0 Å². The number of rotatable bonds is 17. The minimum Gasteiger partial charge on any atom is -0.497 e. The summed E-state index contributed by atoms with van der Waals surface area (Å²) in [5.74, 6) is 5.37. The number of aliphatic hydroxyl groups is 1. The van der Waals surface area contributed by atoms with Gasteiger partial charge in [0, 0.05) is 25.9 Å². The summed E-state index contributed by atoms with van der Waals surface area (Å²) in [5.41, 5.74) is 4.19. The first-order valence-electron chi connectivity index (χ1n) is 22.4. The van der Waals surface area contributed by atoms with Crippen molar-refractivity contribution in [2.24, 2.45) is 0 Å². The summed E-state index contributed by atoms with van der Waals surface area (Å²) in [7, 11) is -0.604. The average Bonchev–Trinajstić information content (AvgIpc) is 3.28. The van der Waals surface area contributed by atoms with Crippen LogP contribution in [0.5, 0.6) is 5.75 Å². The van der Waals surface area contributed by atoms with Crippen LogP contribution in [-0.4, -0.2) is 88.4 Å². The molecule has 0 amide bonds. The third-order valence-corrected chi connectivity index (χ3v) is 17.2. The second kappa shape index (κ2) is 21.9. The molecule has 1 N–H and O–H groups in total. The van der Waals surface area contributed by atoms with Crippen LogP contribution in [0.4, 0.5) is 0 Å². The van der Waals surface area contributed by atoms with Gasteiger partial charge in [-0.15, -0.1) is 0 Å². The number of hydrogen-bond acceptors (Lipinski definition) is 10. The average molecular weight is 879 g/mol. The highest BCUT2D eigenvalue weighted by atomic mass is 28.4. The van der Waals surface area contributed by atoms with Crippen molar-refractivity contribution in [2.75, 3.05) is 20.3 Å². The first-order valence-corrected chi connectivity index (χ1v) is 25.3. The van der Waals surface area contributed by atoms with E-state index in [2.05, 4.69) is 57.8 Å². The lowest BCUT2D eigenvalue weighted by atomic mass is 9.88. The Bertz CT molecular complexity index is 2030. The zero-order chi connectivity index (χ0) is 44.3. The molecule has 3 fully saturated rings. The summed E-state index contributed by atoms with van der Waals surface area (Å²) in [5, 5.41) is 12.3. The molecular weight excluding hydrogens is 813 g/mol. The lowest BCUT2D eigenvalue weighted by Gasteiger charge is -2.49. The molecule has 338 valence electrons. The van der Waals surface area contributed by atoms with Crippen LogP contribution in [-0.2, 0) is 64.0 Å². The van der Waals surface area contributed by atoms with E-state index >= 15 is 0 Å².